The van der Waals surface area contributed by atoms with Gasteiger partial charge in [0, 0.05) is 12.6 Å². The number of rotatable bonds is 3. The van der Waals surface area contributed by atoms with Gasteiger partial charge in [0.15, 0.2) is 0 Å². The summed E-state index contributed by atoms with van der Waals surface area (Å²) in [5.74, 6) is 0.637. The average Bonchev–Trinajstić information content (AvgIpc) is 2.42. The highest BCUT2D eigenvalue weighted by molar-refractivity contribution is 4.91. The van der Waals surface area contributed by atoms with Crippen LogP contribution < -0.4 is 5.73 Å². The van der Waals surface area contributed by atoms with Gasteiger partial charge in [-0.05, 0) is 12.3 Å². The van der Waals surface area contributed by atoms with Crippen molar-refractivity contribution in [3.63, 3.8) is 0 Å². The fourth-order valence-electron chi connectivity index (χ4n) is 0.697. The van der Waals surface area contributed by atoms with Crippen LogP contribution in [0.25, 0.3) is 0 Å². The summed E-state index contributed by atoms with van der Waals surface area (Å²) in [5.41, 5.74) is 5.53. The molecule has 1 aliphatic carbocycles. The minimum Gasteiger partial charge on any atom is -0.376 e. The fourth-order valence-corrected chi connectivity index (χ4v) is 0.697. The van der Waals surface area contributed by atoms with Crippen molar-refractivity contribution in [3.8, 4) is 0 Å². The molecule has 0 aromatic heterocycles. The molecule has 0 saturated heterocycles. The van der Waals surface area contributed by atoms with Gasteiger partial charge in [0.1, 0.15) is 0 Å². The highest BCUT2D eigenvalue weighted by Gasteiger charge is 2.34. The molecule has 0 heterocycles. The molecule has 1 saturated carbocycles. The second-order valence-electron chi connectivity index (χ2n) is 3.17. The van der Waals surface area contributed by atoms with Crippen molar-refractivity contribution in [2.45, 2.75) is 32.4 Å². The Morgan fingerprint density at radius 1 is 1.67 bits per heavy atom. The monoisotopic (exact) mass is 129 g/mol. The summed E-state index contributed by atoms with van der Waals surface area (Å²) in [5, 5.41) is 0. The molecule has 1 aliphatic rings. The summed E-state index contributed by atoms with van der Waals surface area (Å²) in [4.78, 5) is 0. The summed E-state index contributed by atoms with van der Waals surface area (Å²) in [6.45, 7) is 5.15. The fraction of sp³-hybridized carbons (Fsp3) is 1.00. The lowest BCUT2D eigenvalue weighted by atomic mass is 10.2. The van der Waals surface area contributed by atoms with Gasteiger partial charge in [-0.15, -0.1) is 0 Å². The molecule has 0 bridgehead atoms. The van der Waals surface area contributed by atoms with Crippen LogP contribution in [0.4, 0.5) is 0 Å². The van der Waals surface area contributed by atoms with Gasteiger partial charge in [0.25, 0.3) is 0 Å². The first-order chi connectivity index (χ1) is 4.20. The second-order valence-corrected chi connectivity index (χ2v) is 3.17. The molecule has 0 spiro atoms. The number of hydrogen-bond acceptors (Lipinski definition) is 2. The molecular formula is C7H15NO. The molecule has 0 aromatic carbocycles. The van der Waals surface area contributed by atoms with E-state index in [1.54, 1.807) is 0 Å². The average molecular weight is 129 g/mol. The predicted octanol–water partition coefficient (Wildman–Crippen LogP) is 0.759. The van der Waals surface area contributed by atoms with Gasteiger partial charge in [0.05, 0.1) is 6.10 Å². The predicted molar refractivity (Wildman–Crippen MR) is 37.2 cm³/mol. The van der Waals surface area contributed by atoms with Crippen molar-refractivity contribution in [2.24, 2.45) is 11.7 Å². The van der Waals surface area contributed by atoms with Crippen LogP contribution in [0.15, 0.2) is 0 Å². The summed E-state index contributed by atoms with van der Waals surface area (Å²) in [6.07, 6.45) is 1.44. The van der Waals surface area contributed by atoms with Gasteiger partial charge < -0.3 is 10.5 Å². The summed E-state index contributed by atoms with van der Waals surface area (Å²) < 4.78 is 5.40. The molecule has 54 valence electrons. The Kier molecular flexibility index (Phi) is 2.09. The molecular weight excluding hydrogens is 114 g/mol. The SMILES string of the molecule is CC(C)COC1CC1N. The van der Waals surface area contributed by atoms with Crippen LogP contribution >= 0.6 is 0 Å². The lowest BCUT2D eigenvalue weighted by molar-refractivity contribution is 0.0928. The molecule has 2 heteroatoms. The zero-order valence-corrected chi connectivity index (χ0v) is 6.13. The molecule has 0 amide bonds. The molecule has 2 atom stereocenters. The Balaban J connectivity index is 1.94. The van der Waals surface area contributed by atoms with Crippen LogP contribution in [0.2, 0.25) is 0 Å². The van der Waals surface area contributed by atoms with Gasteiger partial charge in [-0.1, -0.05) is 13.8 Å². The third-order valence-electron chi connectivity index (χ3n) is 1.42. The van der Waals surface area contributed by atoms with Gasteiger partial charge in [-0.25, -0.2) is 0 Å². The van der Waals surface area contributed by atoms with Gasteiger partial charge >= 0.3 is 0 Å². The van der Waals surface area contributed by atoms with E-state index >= 15 is 0 Å². The van der Waals surface area contributed by atoms with E-state index in [-0.39, 0.29) is 0 Å². The molecule has 0 aliphatic heterocycles. The molecule has 2 unspecified atom stereocenters. The van der Waals surface area contributed by atoms with E-state index in [0.29, 0.717) is 18.1 Å². The minimum atomic E-state index is 0.337. The smallest absolute Gasteiger partial charge is 0.0742 e. The lowest BCUT2D eigenvalue weighted by Gasteiger charge is -2.03. The number of nitrogens with two attached hydrogens (primary N) is 1. The van der Waals surface area contributed by atoms with Gasteiger partial charge in [0.2, 0.25) is 0 Å². The first-order valence-corrected chi connectivity index (χ1v) is 3.57. The van der Waals surface area contributed by atoms with E-state index in [1.165, 1.54) is 0 Å². The maximum absolute atomic E-state index is 5.53. The summed E-state index contributed by atoms with van der Waals surface area (Å²) in [6, 6.07) is 0.337. The normalized spacial score (nSPS) is 33.3. The van der Waals surface area contributed by atoms with Crippen molar-refractivity contribution < 1.29 is 4.74 Å². The van der Waals surface area contributed by atoms with Gasteiger partial charge in [-0.2, -0.15) is 0 Å². The van der Waals surface area contributed by atoms with E-state index in [2.05, 4.69) is 13.8 Å². The molecule has 1 fully saturated rings. The molecule has 1 rings (SSSR count). The van der Waals surface area contributed by atoms with Crippen LogP contribution in [0.5, 0.6) is 0 Å². The van der Waals surface area contributed by atoms with Crippen molar-refractivity contribution in [1.29, 1.82) is 0 Å². The van der Waals surface area contributed by atoms with Crippen LogP contribution in [0.3, 0.4) is 0 Å². The highest BCUT2D eigenvalue weighted by Crippen LogP contribution is 2.22. The molecule has 0 radical (unpaired) electrons. The topological polar surface area (TPSA) is 35.2 Å². The molecule has 9 heavy (non-hydrogen) atoms. The van der Waals surface area contributed by atoms with Crippen LogP contribution in [0, 0.1) is 5.92 Å². The molecule has 0 aromatic rings. The standard InChI is InChI=1S/C7H15NO/c1-5(2)4-9-7-3-6(7)8/h5-7H,3-4,8H2,1-2H3. The van der Waals surface area contributed by atoms with E-state index in [4.69, 9.17) is 10.5 Å². The first-order valence-electron chi connectivity index (χ1n) is 3.57. The summed E-state index contributed by atoms with van der Waals surface area (Å²) >= 11 is 0. The lowest BCUT2D eigenvalue weighted by Crippen LogP contribution is -2.11. The van der Waals surface area contributed by atoms with Crippen molar-refractivity contribution in [3.05, 3.63) is 0 Å². The van der Waals surface area contributed by atoms with Crippen LogP contribution in [-0.4, -0.2) is 18.8 Å². The van der Waals surface area contributed by atoms with E-state index in [1.807, 2.05) is 0 Å². The zero-order valence-electron chi connectivity index (χ0n) is 6.13. The Labute approximate surface area is 56.4 Å². The van der Waals surface area contributed by atoms with Gasteiger partial charge in [-0.3, -0.25) is 0 Å². The summed E-state index contributed by atoms with van der Waals surface area (Å²) in [7, 11) is 0. The van der Waals surface area contributed by atoms with E-state index in [9.17, 15) is 0 Å². The molecule has 2 N–H and O–H groups in total. The third-order valence-corrected chi connectivity index (χ3v) is 1.42. The largest absolute Gasteiger partial charge is 0.376 e. The number of ether oxygens (including phenoxy) is 1. The Hall–Kier alpha value is -0.0800. The Morgan fingerprint density at radius 3 is 2.56 bits per heavy atom. The van der Waals surface area contributed by atoms with Crippen molar-refractivity contribution in [1.82, 2.24) is 0 Å². The zero-order chi connectivity index (χ0) is 6.85. The van der Waals surface area contributed by atoms with E-state index in [0.717, 1.165) is 13.0 Å². The Bertz CT molecular complexity index is 92.9. The van der Waals surface area contributed by atoms with Crippen molar-refractivity contribution >= 4 is 0 Å². The minimum absolute atomic E-state index is 0.337. The third kappa shape index (κ3) is 2.33. The maximum atomic E-state index is 5.53. The highest BCUT2D eigenvalue weighted by atomic mass is 16.5. The maximum Gasteiger partial charge on any atom is 0.0742 e. The van der Waals surface area contributed by atoms with Crippen molar-refractivity contribution in [2.75, 3.05) is 6.61 Å². The number of hydrogen-bond donors (Lipinski definition) is 1. The van der Waals surface area contributed by atoms with Crippen LogP contribution in [0.1, 0.15) is 20.3 Å². The van der Waals surface area contributed by atoms with Crippen LogP contribution in [-0.2, 0) is 4.74 Å². The Morgan fingerprint density at radius 2 is 2.22 bits per heavy atom. The first kappa shape index (κ1) is 7.03. The quantitative estimate of drug-likeness (QED) is 0.610. The second kappa shape index (κ2) is 2.67. The van der Waals surface area contributed by atoms with E-state index < -0.39 is 0 Å². The molecule has 2 nitrogen and oxygen atoms in total.